The van der Waals surface area contributed by atoms with Gasteiger partial charge < -0.3 is 18.6 Å². The van der Waals surface area contributed by atoms with E-state index in [2.05, 4.69) is 0 Å². The molecule has 0 N–H and O–H groups in total. The van der Waals surface area contributed by atoms with E-state index in [4.69, 9.17) is 13.7 Å². The van der Waals surface area contributed by atoms with Crippen molar-refractivity contribution >= 4 is 16.0 Å². The van der Waals surface area contributed by atoms with E-state index in [0.717, 1.165) is 18.2 Å². The van der Waals surface area contributed by atoms with Crippen LogP contribution in [0.15, 0.2) is 71.6 Å². The first kappa shape index (κ1) is 28.8. The molecule has 7 nitrogen and oxygen atoms in total. The Bertz CT molecular complexity index is 1370. The van der Waals surface area contributed by atoms with Crippen molar-refractivity contribution in [2.45, 2.75) is 43.9 Å². The molecule has 3 aromatic carbocycles. The van der Waals surface area contributed by atoms with Gasteiger partial charge in [-0.1, -0.05) is 25.1 Å². The summed E-state index contributed by atoms with van der Waals surface area (Å²) >= 11 is 0. The van der Waals surface area contributed by atoms with E-state index < -0.39 is 26.8 Å². The Kier molecular flexibility index (Phi) is 8.93. The van der Waals surface area contributed by atoms with Gasteiger partial charge in [-0.05, 0) is 61.4 Å². The maximum absolute atomic E-state index is 13.5. The van der Waals surface area contributed by atoms with Gasteiger partial charge in [0.25, 0.3) is 5.91 Å². The van der Waals surface area contributed by atoms with E-state index in [1.165, 1.54) is 26.4 Å². The minimum Gasteiger partial charge on any atom is -0.497 e. The first-order valence-electron chi connectivity index (χ1n) is 11.6. The Hall–Kier alpha value is -3.73. The largest absolute Gasteiger partial charge is 0.497 e. The van der Waals surface area contributed by atoms with Crippen LogP contribution in [-0.2, 0) is 22.8 Å². The Morgan fingerprint density at radius 1 is 0.947 bits per heavy atom. The van der Waals surface area contributed by atoms with E-state index >= 15 is 0 Å². The topological polar surface area (TPSA) is 82.1 Å². The number of alkyl halides is 3. The number of carbonyl (C=O) groups excluding carboxylic acids is 1. The third-order valence-corrected chi connectivity index (χ3v) is 7.20. The first-order chi connectivity index (χ1) is 17.9. The lowest BCUT2D eigenvalue weighted by Crippen LogP contribution is -2.38. The fourth-order valence-electron chi connectivity index (χ4n) is 3.63. The zero-order valence-electron chi connectivity index (χ0n) is 21.3. The molecule has 1 atom stereocenters. The highest BCUT2D eigenvalue weighted by molar-refractivity contribution is 7.87. The molecule has 1 amide bonds. The second-order valence-corrected chi connectivity index (χ2v) is 10.0. The molecule has 1 unspecified atom stereocenters. The van der Waals surface area contributed by atoms with Gasteiger partial charge in [0.2, 0.25) is 0 Å². The van der Waals surface area contributed by atoms with Gasteiger partial charge in [0.15, 0.2) is 0 Å². The third-order valence-electron chi connectivity index (χ3n) is 5.96. The van der Waals surface area contributed by atoms with Crippen molar-refractivity contribution in [3.05, 3.63) is 83.4 Å². The van der Waals surface area contributed by atoms with Gasteiger partial charge in [-0.15, -0.1) is 0 Å². The maximum Gasteiger partial charge on any atom is 0.416 e. The van der Waals surface area contributed by atoms with E-state index in [1.807, 2.05) is 13.8 Å². The number of amides is 1. The van der Waals surface area contributed by atoms with Crippen LogP contribution in [0.4, 0.5) is 13.2 Å². The monoisotopic (exact) mass is 551 g/mol. The van der Waals surface area contributed by atoms with E-state index in [0.29, 0.717) is 35.1 Å². The van der Waals surface area contributed by atoms with Crippen molar-refractivity contribution in [2.75, 3.05) is 14.2 Å². The Balaban J connectivity index is 1.81. The van der Waals surface area contributed by atoms with Crippen LogP contribution in [0.3, 0.4) is 0 Å². The smallest absolute Gasteiger partial charge is 0.416 e. The summed E-state index contributed by atoms with van der Waals surface area (Å²) in [6.45, 7) is 4.07. The fraction of sp³-hybridized carbons (Fsp3) is 0.296. The quantitative estimate of drug-likeness (QED) is 0.291. The lowest BCUT2D eigenvalue weighted by molar-refractivity contribution is -0.137. The van der Waals surface area contributed by atoms with Crippen molar-refractivity contribution in [1.29, 1.82) is 0 Å². The van der Waals surface area contributed by atoms with Gasteiger partial charge in [-0.3, -0.25) is 4.79 Å². The molecule has 11 heteroatoms. The van der Waals surface area contributed by atoms with Crippen LogP contribution in [0.2, 0.25) is 0 Å². The molecule has 0 radical (unpaired) electrons. The highest BCUT2D eigenvalue weighted by Crippen LogP contribution is 2.31. The Labute approximate surface area is 219 Å². The summed E-state index contributed by atoms with van der Waals surface area (Å²) < 4.78 is 79.7. The maximum atomic E-state index is 13.5. The van der Waals surface area contributed by atoms with Crippen molar-refractivity contribution in [2.24, 2.45) is 0 Å². The molecule has 0 heterocycles. The third kappa shape index (κ3) is 6.77. The molecule has 38 heavy (non-hydrogen) atoms. The van der Waals surface area contributed by atoms with Crippen LogP contribution in [-0.4, -0.2) is 39.5 Å². The standard InChI is InChI=1S/C27H28F3NO6S/c1-5-18(2)31(26(32)24-14-13-22(35-3)16-25(24)36-4)17-19-9-11-21(12-10-19)37-38(33,34)23-8-6-7-20(15-23)27(28,29)30/h6-16,18H,5,17H2,1-4H3. The van der Waals surface area contributed by atoms with Gasteiger partial charge in [-0.25, -0.2) is 0 Å². The van der Waals surface area contributed by atoms with Crippen molar-refractivity contribution in [3.8, 4) is 17.2 Å². The number of carbonyl (C=O) groups is 1. The number of ether oxygens (including phenoxy) is 2. The highest BCUT2D eigenvalue weighted by Gasteiger charge is 2.32. The van der Waals surface area contributed by atoms with Gasteiger partial charge >= 0.3 is 16.3 Å². The summed E-state index contributed by atoms with van der Waals surface area (Å²) in [5, 5.41) is 0. The lowest BCUT2D eigenvalue weighted by atomic mass is 10.1. The number of nitrogens with zero attached hydrogens (tertiary/aromatic N) is 1. The summed E-state index contributed by atoms with van der Waals surface area (Å²) in [4.78, 5) is 14.5. The zero-order chi connectivity index (χ0) is 28.1. The number of rotatable bonds is 10. The molecule has 0 spiro atoms. The van der Waals surface area contributed by atoms with Crippen molar-refractivity contribution in [1.82, 2.24) is 4.90 Å². The molecule has 3 rings (SSSR count). The summed E-state index contributed by atoms with van der Waals surface area (Å²) in [7, 11) is -1.52. The molecule has 3 aromatic rings. The van der Waals surface area contributed by atoms with Crippen LogP contribution in [0.5, 0.6) is 17.2 Å². The Morgan fingerprint density at radius 2 is 1.61 bits per heavy atom. The first-order valence-corrected chi connectivity index (χ1v) is 13.0. The summed E-state index contributed by atoms with van der Waals surface area (Å²) in [5.74, 6) is 0.575. The van der Waals surface area contributed by atoms with Gasteiger partial charge in [0.05, 0.1) is 25.3 Å². The number of hydrogen-bond acceptors (Lipinski definition) is 6. The molecule has 0 aromatic heterocycles. The van der Waals surface area contributed by atoms with Crippen molar-refractivity contribution in [3.63, 3.8) is 0 Å². The second kappa shape index (κ2) is 11.8. The molecule has 0 aliphatic rings. The second-order valence-electron chi connectivity index (χ2n) is 8.46. The van der Waals surface area contributed by atoms with Crippen LogP contribution in [0.1, 0.15) is 41.8 Å². The van der Waals surface area contributed by atoms with E-state index in [1.54, 1.807) is 35.2 Å². The van der Waals surface area contributed by atoms with E-state index in [-0.39, 0.29) is 24.2 Å². The summed E-state index contributed by atoms with van der Waals surface area (Å²) in [6, 6.07) is 14.1. The van der Waals surface area contributed by atoms with Gasteiger partial charge in [0, 0.05) is 18.7 Å². The molecule has 0 saturated carbocycles. The average molecular weight is 552 g/mol. The normalized spacial score (nSPS) is 12.5. The molecule has 0 fully saturated rings. The zero-order valence-corrected chi connectivity index (χ0v) is 22.1. The number of hydrogen-bond donors (Lipinski definition) is 0. The minimum atomic E-state index is -4.69. The summed E-state index contributed by atoms with van der Waals surface area (Å²) in [5.41, 5.74) is -0.0449. The molecular formula is C27H28F3NO6S. The number of benzene rings is 3. The fourth-order valence-corrected chi connectivity index (χ4v) is 4.61. The predicted octanol–water partition coefficient (Wildman–Crippen LogP) is 5.93. The minimum absolute atomic E-state index is 0.0793. The van der Waals surface area contributed by atoms with E-state index in [9.17, 15) is 26.4 Å². The highest BCUT2D eigenvalue weighted by atomic mass is 32.2. The lowest BCUT2D eigenvalue weighted by Gasteiger charge is -2.29. The predicted molar refractivity (Wildman–Crippen MR) is 135 cm³/mol. The van der Waals surface area contributed by atoms with Gasteiger partial charge in [0.1, 0.15) is 22.1 Å². The van der Waals surface area contributed by atoms with Crippen molar-refractivity contribution < 1.29 is 40.0 Å². The molecule has 0 saturated heterocycles. The van der Waals surface area contributed by atoms with Gasteiger partial charge in [-0.2, -0.15) is 21.6 Å². The number of halogens is 3. The van der Waals surface area contributed by atoms with Crippen LogP contribution in [0.25, 0.3) is 0 Å². The Morgan fingerprint density at radius 3 is 2.18 bits per heavy atom. The SMILES string of the molecule is CCC(C)N(Cc1ccc(OS(=O)(=O)c2cccc(C(F)(F)F)c2)cc1)C(=O)c1ccc(OC)cc1OC. The number of methoxy groups -OCH3 is 2. The molecule has 204 valence electrons. The molecule has 0 aliphatic carbocycles. The average Bonchev–Trinajstić information content (AvgIpc) is 2.90. The molecule has 0 bridgehead atoms. The van der Waals surface area contributed by atoms with Crippen LogP contribution >= 0.6 is 0 Å². The van der Waals surface area contributed by atoms with Crippen LogP contribution in [0, 0.1) is 0 Å². The van der Waals surface area contributed by atoms with Crippen LogP contribution < -0.4 is 13.7 Å². The molecule has 0 aliphatic heterocycles. The summed E-state index contributed by atoms with van der Waals surface area (Å²) in [6.07, 6.45) is -4.01. The molecular weight excluding hydrogens is 523 g/mol.